The summed E-state index contributed by atoms with van der Waals surface area (Å²) in [6.45, 7) is 5.83. The third-order valence-corrected chi connectivity index (χ3v) is 2.89. The van der Waals surface area contributed by atoms with Crippen LogP contribution in [0.5, 0.6) is 0 Å². The molecule has 0 atom stereocenters. The van der Waals surface area contributed by atoms with E-state index in [2.05, 4.69) is 20.8 Å². The average molecular weight is 282 g/mol. The molecule has 0 aliphatic rings. The Labute approximate surface area is 118 Å². The van der Waals surface area contributed by atoms with Crippen molar-refractivity contribution < 1.29 is 14.7 Å². The molecule has 2 amide bonds. The molecule has 20 heavy (non-hydrogen) atoms. The minimum absolute atomic E-state index is 0.116. The molecule has 1 heterocycles. The number of aryl methyl sites for hydroxylation is 2. The topological polar surface area (TPSA) is 107 Å². The Bertz CT molecular complexity index is 468. The fourth-order valence-electron chi connectivity index (χ4n) is 1.88. The second-order valence-corrected chi connectivity index (χ2v) is 5.46. The first kappa shape index (κ1) is 16.0. The fourth-order valence-corrected chi connectivity index (χ4v) is 1.88. The summed E-state index contributed by atoms with van der Waals surface area (Å²) in [6, 6.07) is -0.347. The molecule has 0 radical (unpaired) electrons. The molecule has 7 heteroatoms. The largest absolute Gasteiger partial charge is 0.481 e. The molecule has 7 nitrogen and oxygen atoms in total. The summed E-state index contributed by atoms with van der Waals surface area (Å²) in [7, 11) is 0. The number of hydrogen-bond acceptors (Lipinski definition) is 3. The summed E-state index contributed by atoms with van der Waals surface area (Å²) in [5.74, 6) is -0.939. The molecule has 0 fully saturated rings. The van der Waals surface area contributed by atoms with Crippen LogP contribution in [-0.2, 0) is 11.2 Å². The lowest BCUT2D eigenvalue weighted by atomic mass is 10.0. The van der Waals surface area contributed by atoms with E-state index in [0.717, 1.165) is 24.1 Å². The normalized spacial score (nSPS) is 11.2. The van der Waals surface area contributed by atoms with Crippen LogP contribution in [0.3, 0.4) is 0 Å². The number of carbonyl (C=O) groups is 2. The number of amides is 2. The number of aromatic nitrogens is 2. The minimum Gasteiger partial charge on any atom is -0.481 e. The average Bonchev–Trinajstić information content (AvgIpc) is 2.67. The van der Waals surface area contributed by atoms with Crippen molar-refractivity contribution in [1.29, 1.82) is 0 Å². The highest BCUT2D eigenvalue weighted by Crippen LogP contribution is 2.08. The highest BCUT2D eigenvalue weighted by molar-refractivity contribution is 5.76. The molecule has 1 rings (SSSR count). The zero-order valence-electron chi connectivity index (χ0n) is 12.1. The number of H-pyrrole nitrogens is 1. The van der Waals surface area contributed by atoms with Crippen molar-refractivity contribution >= 4 is 12.0 Å². The summed E-state index contributed by atoms with van der Waals surface area (Å²) in [4.78, 5) is 22.3. The Morgan fingerprint density at radius 2 is 2.15 bits per heavy atom. The van der Waals surface area contributed by atoms with Crippen molar-refractivity contribution in [2.75, 3.05) is 6.54 Å². The Balaban J connectivity index is 2.23. The maximum absolute atomic E-state index is 11.6. The van der Waals surface area contributed by atoms with E-state index in [1.165, 1.54) is 0 Å². The van der Waals surface area contributed by atoms with Crippen LogP contribution in [0.4, 0.5) is 4.79 Å². The highest BCUT2D eigenvalue weighted by atomic mass is 16.4. The van der Waals surface area contributed by atoms with Gasteiger partial charge in [0, 0.05) is 17.8 Å². The SMILES string of the molecule is Cc1[nH]ncc1CCCNC(=O)NC(C)(C)CC(=O)O. The van der Waals surface area contributed by atoms with E-state index in [1.807, 2.05) is 6.92 Å². The minimum atomic E-state index is -0.939. The van der Waals surface area contributed by atoms with Gasteiger partial charge in [0.05, 0.1) is 12.6 Å². The van der Waals surface area contributed by atoms with Crippen LogP contribution >= 0.6 is 0 Å². The van der Waals surface area contributed by atoms with Crippen molar-refractivity contribution in [3.63, 3.8) is 0 Å². The third kappa shape index (κ3) is 5.73. The van der Waals surface area contributed by atoms with Crippen LogP contribution in [0, 0.1) is 6.92 Å². The molecule has 0 saturated heterocycles. The number of nitrogens with zero attached hydrogens (tertiary/aromatic N) is 1. The predicted octanol–water partition coefficient (Wildman–Crippen LogP) is 1.20. The predicted molar refractivity (Wildman–Crippen MR) is 74.5 cm³/mol. The zero-order chi connectivity index (χ0) is 15.2. The van der Waals surface area contributed by atoms with Crippen LogP contribution in [0.1, 0.15) is 37.9 Å². The number of aliphatic carboxylic acids is 1. The molecule has 0 unspecified atom stereocenters. The second kappa shape index (κ2) is 6.93. The Kier molecular flexibility index (Phi) is 5.54. The van der Waals surface area contributed by atoms with Crippen molar-refractivity contribution in [3.8, 4) is 0 Å². The molecule has 1 aromatic rings. The van der Waals surface area contributed by atoms with Crippen LogP contribution in [0.25, 0.3) is 0 Å². The summed E-state index contributed by atoms with van der Waals surface area (Å²) in [6.07, 6.45) is 3.30. The lowest BCUT2D eigenvalue weighted by molar-refractivity contribution is -0.138. The van der Waals surface area contributed by atoms with Gasteiger partial charge in [-0.15, -0.1) is 0 Å². The van der Waals surface area contributed by atoms with Gasteiger partial charge in [-0.25, -0.2) is 4.79 Å². The molecule has 0 saturated carbocycles. The van der Waals surface area contributed by atoms with Gasteiger partial charge in [-0.05, 0) is 39.2 Å². The molecule has 0 spiro atoms. The number of carboxylic acid groups (broad SMARTS) is 1. The van der Waals surface area contributed by atoms with Gasteiger partial charge >= 0.3 is 12.0 Å². The van der Waals surface area contributed by atoms with E-state index in [9.17, 15) is 9.59 Å². The molecule has 0 aliphatic heterocycles. The summed E-state index contributed by atoms with van der Waals surface area (Å²) < 4.78 is 0. The van der Waals surface area contributed by atoms with E-state index in [0.29, 0.717) is 6.54 Å². The van der Waals surface area contributed by atoms with Crippen molar-refractivity contribution in [2.24, 2.45) is 0 Å². The first-order valence-electron chi connectivity index (χ1n) is 6.57. The lowest BCUT2D eigenvalue weighted by Crippen LogP contribution is -2.49. The van der Waals surface area contributed by atoms with E-state index >= 15 is 0 Å². The molecular weight excluding hydrogens is 260 g/mol. The third-order valence-electron chi connectivity index (χ3n) is 2.89. The number of hydrogen-bond donors (Lipinski definition) is 4. The molecule has 0 bridgehead atoms. The summed E-state index contributed by atoms with van der Waals surface area (Å²) in [5, 5.41) is 20.9. The number of carboxylic acids is 1. The van der Waals surface area contributed by atoms with E-state index in [4.69, 9.17) is 5.11 Å². The summed E-state index contributed by atoms with van der Waals surface area (Å²) in [5.41, 5.74) is 1.41. The van der Waals surface area contributed by atoms with E-state index < -0.39 is 11.5 Å². The molecule has 0 aliphatic carbocycles. The number of rotatable bonds is 7. The van der Waals surface area contributed by atoms with Gasteiger partial charge in [-0.2, -0.15) is 5.10 Å². The lowest BCUT2D eigenvalue weighted by Gasteiger charge is -2.24. The molecule has 1 aromatic heterocycles. The molecular formula is C13H22N4O3. The monoisotopic (exact) mass is 282 g/mol. The number of aromatic amines is 1. The Hall–Kier alpha value is -2.05. The van der Waals surface area contributed by atoms with Gasteiger partial charge in [0.25, 0.3) is 0 Å². The standard InChI is InChI=1S/C13H22N4O3/c1-9-10(8-15-17-9)5-4-6-14-12(20)16-13(2,3)7-11(18)19/h8H,4-7H2,1-3H3,(H,15,17)(H,18,19)(H2,14,16,20). The van der Waals surface area contributed by atoms with Gasteiger partial charge in [0.15, 0.2) is 0 Å². The van der Waals surface area contributed by atoms with Crippen LogP contribution in [-0.4, -0.2) is 39.4 Å². The molecule has 4 N–H and O–H groups in total. The Morgan fingerprint density at radius 3 is 2.70 bits per heavy atom. The highest BCUT2D eigenvalue weighted by Gasteiger charge is 2.23. The fraction of sp³-hybridized carbons (Fsp3) is 0.615. The first-order valence-corrected chi connectivity index (χ1v) is 6.57. The molecule has 112 valence electrons. The number of carbonyl (C=O) groups excluding carboxylic acids is 1. The summed E-state index contributed by atoms with van der Waals surface area (Å²) >= 11 is 0. The van der Waals surface area contributed by atoms with E-state index in [1.54, 1.807) is 20.0 Å². The first-order chi connectivity index (χ1) is 9.30. The quantitative estimate of drug-likeness (QED) is 0.564. The van der Waals surface area contributed by atoms with Crippen LogP contribution < -0.4 is 10.6 Å². The van der Waals surface area contributed by atoms with Crippen molar-refractivity contribution in [1.82, 2.24) is 20.8 Å². The maximum atomic E-state index is 11.6. The van der Waals surface area contributed by atoms with Crippen molar-refractivity contribution in [2.45, 2.75) is 45.6 Å². The van der Waals surface area contributed by atoms with Gasteiger partial charge in [-0.1, -0.05) is 0 Å². The maximum Gasteiger partial charge on any atom is 0.315 e. The van der Waals surface area contributed by atoms with Crippen LogP contribution in [0.15, 0.2) is 6.20 Å². The molecule has 0 aromatic carbocycles. The van der Waals surface area contributed by atoms with Gasteiger partial charge in [-0.3, -0.25) is 9.89 Å². The smallest absolute Gasteiger partial charge is 0.315 e. The van der Waals surface area contributed by atoms with Crippen LogP contribution in [0.2, 0.25) is 0 Å². The second-order valence-electron chi connectivity index (χ2n) is 5.46. The zero-order valence-corrected chi connectivity index (χ0v) is 12.1. The van der Waals surface area contributed by atoms with Crippen molar-refractivity contribution in [3.05, 3.63) is 17.5 Å². The number of urea groups is 1. The Morgan fingerprint density at radius 1 is 1.45 bits per heavy atom. The van der Waals surface area contributed by atoms with Gasteiger partial charge in [0.1, 0.15) is 0 Å². The van der Waals surface area contributed by atoms with Gasteiger partial charge in [0.2, 0.25) is 0 Å². The number of nitrogens with one attached hydrogen (secondary N) is 3. The van der Waals surface area contributed by atoms with E-state index in [-0.39, 0.29) is 12.5 Å². The van der Waals surface area contributed by atoms with Gasteiger partial charge < -0.3 is 15.7 Å².